The standard InChI is InChI=1S/C12H18N2O4S/c13-11(9-10-5-2-1-3-6-10)12(15)14-7-4-8-19(16,17)18/h1-3,5-6,11H,4,7-9,13H2,(H,14,15)(H,16,17,18)/t11-/m0/s1/i14+1. The van der Waals surface area contributed by atoms with Gasteiger partial charge in [0.05, 0.1) is 11.8 Å². The highest BCUT2D eigenvalue weighted by molar-refractivity contribution is 7.85. The van der Waals surface area contributed by atoms with Crippen LogP contribution >= 0.6 is 0 Å². The molecule has 1 rings (SSSR count). The minimum Gasteiger partial charge on any atom is -0.355 e. The van der Waals surface area contributed by atoms with Crippen LogP contribution in [0.2, 0.25) is 0 Å². The molecule has 0 heterocycles. The van der Waals surface area contributed by atoms with Gasteiger partial charge in [-0.25, -0.2) is 0 Å². The Hall–Kier alpha value is -1.44. The molecule has 1 aromatic rings. The Morgan fingerprint density at radius 3 is 2.53 bits per heavy atom. The van der Waals surface area contributed by atoms with Crippen LogP contribution in [-0.4, -0.2) is 37.2 Å². The highest BCUT2D eigenvalue weighted by atomic mass is 32.2. The fourth-order valence-corrected chi connectivity index (χ4v) is 2.07. The van der Waals surface area contributed by atoms with Crippen molar-refractivity contribution >= 4 is 16.0 Å². The maximum atomic E-state index is 11.6. The van der Waals surface area contributed by atoms with Crippen LogP contribution in [0.5, 0.6) is 0 Å². The van der Waals surface area contributed by atoms with Gasteiger partial charge in [0.25, 0.3) is 10.1 Å². The molecule has 7 heteroatoms. The second kappa shape index (κ2) is 7.22. The Bertz CT molecular complexity index is 502. The second-order valence-corrected chi connectivity index (χ2v) is 5.80. The van der Waals surface area contributed by atoms with Gasteiger partial charge in [-0.3, -0.25) is 9.35 Å². The maximum Gasteiger partial charge on any atom is 0.264 e. The lowest BCUT2D eigenvalue weighted by atomic mass is 10.1. The van der Waals surface area contributed by atoms with Gasteiger partial charge in [-0.1, -0.05) is 30.3 Å². The van der Waals surface area contributed by atoms with Crippen molar-refractivity contribution in [3.8, 4) is 0 Å². The van der Waals surface area contributed by atoms with Crippen LogP contribution in [0.15, 0.2) is 30.3 Å². The summed E-state index contributed by atoms with van der Waals surface area (Å²) in [6.45, 7) is 0.168. The fourth-order valence-electron chi connectivity index (χ4n) is 1.56. The van der Waals surface area contributed by atoms with E-state index in [4.69, 9.17) is 10.3 Å². The minimum atomic E-state index is -3.97. The van der Waals surface area contributed by atoms with E-state index in [0.29, 0.717) is 6.42 Å². The second-order valence-electron chi connectivity index (χ2n) is 4.23. The van der Waals surface area contributed by atoms with Gasteiger partial charge in [0.1, 0.15) is 0 Å². The van der Waals surface area contributed by atoms with Crippen LogP contribution in [0.25, 0.3) is 0 Å². The third-order valence-corrected chi connectivity index (χ3v) is 3.32. The summed E-state index contributed by atoms with van der Waals surface area (Å²) in [7, 11) is -3.97. The van der Waals surface area contributed by atoms with Gasteiger partial charge < -0.3 is 11.1 Å². The SMILES string of the molecule is N[C@@H](Cc1ccccc1)C(=O)[15NH]CCCS(=O)(=O)O. The molecular formula is C12H18N2O4S. The van der Waals surface area contributed by atoms with Gasteiger partial charge >= 0.3 is 0 Å². The third kappa shape index (κ3) is 6.90. The number of rotatable bonds is 7. The molecule has 6 nitrogen and oxygen atoms in total. The Balaban J connectivity index is 2.29. The highest BCUT2D eigenvalue weighted by Gasteiger charge is 2.13. The Kier molecular flexibility index (Phi) is 5.94. The smallest absolute Gasteiger partial charge is 0.264 e. The van der Waals surface area contributed by atoms with E-state index in [1.807, 2.05) is 30.3 Å². The zero-order valence-electron chi connectivity index (χ0n) is 10.5. The molecule has 0 radical (unpaired) electrons. The number of hydrogen-bond donors (Lipinski definition) is 3. The topological polar surface area (TPSA) is 109 Å². The zero-order chi connectivity index (χ0) is 14.3. The number of benzene rings is 1. The lowest BCUT2D eigenvalue weighted by molar-refractivity contribution is -0.122. The van der Waals surface area contributed by atoms with E-state index >= 15 is 0 Å². The van der Waals surface area contributed by atoms with Crippen LogP contribution in [0.1, 0.15) is 12.0 Å². The summed E-state index contributed by atoms with van der Waals surface area (Å²) >= 11 is 0. The van der Waals surface area contributed by atoms with Crippen LogP contribution in [0, 0.1) is 0 Å². The number of nitrogens with two attached hydrogens (primary N) is 1. The van der Waals surface area contributed by atoms with Crippen LogP contribution in [-0.2, 0) is 21.3 Å². The van der Waals surface area contributed by atoms with Crippen molar-refractivity contribution in [3.05, 3.63) is 35.9 Å². The van der Waals surface area contributed by atoms with E-state index in [2.05, 4.69) is 5.32 Å². The van der Waals surface area contributed by atoms with E-state index in [9.17, 15) is 13.2 Å². The first-order valence-corrected chi connectivity index (χ1v) is 7.52. The lowest BCUT2D eigenvalue weighted by Gasteiger charge is -2.12. The van der Waals surface area contributed by atoms with Gasteiger partial charge in [-0.2, -0.15) is 8.42 Å². The van der Waals surface area contributed by atoms with E-state index < -0.39 is 16.2 Å². The monoisotopic (exact) mass is 287 g/mol. The first-order valence-electron chi connectivity index (χ1n) is 5.91. The molecule has 19 heavy (non-hydrogen) atoms. The molecule has 0 spiro atoms. The maximum absolute atomic E-state index is 11.6. The molecule has 0 fully saturated rings. The Labute approximate surface area is 112 Å². The molecule has 0 saturated carbocycles. The summed E-state index contributed by atoms with van der Waals surface area (Å²) in [6.07, 6.45) is 0.577. The normalized spacial score (nSPS) is 12.9. The highest BCUT2D eigenvalue weighted by Crippen LogP contribution is 2.01. The van der Waals surface area contributed by atoms with E-state index in [1.165, 1.54) is 0 Å². The molecule has 0 bridgehead atoms. The first kappa shape index (κ1) is 15.6. The summed E-state index contributed by atoms with van der Waals surface area (Å²) < 4.78 is 29.5. The summed E-state index contributed by atoms with van der Waals surface area (Å²) in [5, 5.41) is 2.54. The molecule has 0 saturated heterocycles. The summed E-state index contributed by atoms with van der Waals surface area (Å²) in [4.78, 5) is 11.6. The van der Waals surface area contributed by atoms with E-state index in [0.717, 1.165) is 5.56 Å². The first-order chi connectivity index (χ1) is 8.88. The van der Waals surface area contributed by atoms with Gasteiger partial charge in [-0.15, -0.1) is 0 Å². The number of amides is 1. The molecular weight excluding hydrogens is 269 g/mol. The molecule has 106 valence electrons. The summed E-state index contributed by atoms with van der Waals surface area (Å²) in [5.41, 5.74) is 6.70. The summed E-state index contributed by atoms with van der Waals surface area (Å²) in [6, 6.07) is 8.70. The largest absolute Gasteiger partial charge is 0.355 e. The molecule has 0 aromatic heterocycles. The van der Waals surface area contributed by atoms with E-state index in [1.54, 1.807) is 0 Å². The molecule has 0 aliphatic rings. The quantitative estimate of drug-likeness (QED) is 0.370. The molecule has 1 atom stereocenters. The van der Waals surface area contributed by atoms with Crippen LogP contribution in [0.3, 0.4) is 0 Å². The number of nitrogens with one attached hydrogen (secondary N) is 1. The van der Waals surface area contributed by atoms with Crippen LogP contribution in [0.4, 0.5) is 0 Å². The van der Waals surface area contributed by atoms with Crippen molar-refractivity contribution in [1.82, 2.24) is 5.32 Å². The van der Waals surface area contributed by atoms with Gasteiger partial charge in [-0.05, 0) is 18.4 Å². The predicted octanol–water partition coefficient (Wildman–Crippen LogP) is -0.0495. The van der Waals surface area contributed by atoms with Gasteiger partial charge in [0.2, 0.25) is 5.91 Å². The Morgan fingerprint density at radius 2 is 1.95 bits per heavy atom. The lowest BCUT2D eigenvalue weighted by Crippen LogP contribution is -2.42. The van der Waals surface area contributed by atoms with Gasteiger partial charge in [0, 0.05) is 6.54 Å². The van der Waals surface area contributed by atoms with Crippen molar-refractivity contribution in [2.24, 2.45) is 5.73 Å². The average molecular weight is 287 g/mol. The molecule has 0 unspecified atom stereocenters. The predicted molar refractivity (Wildman–Crippen MR) is 72.2 cm³/mol. The van der Waals surface area contributed by atoms with Gasteiger partial charge in [0.15, 0.2) is 0 Å². The van der Waals surface area contributed by atoms with Crippen LogP contribution < -0.4 is 11.1 Å². The molecule has 0 aliphatic heterocycles. The molecule has 4 N–H and O–H groups in total. The minimum absolute atomic E-state index is 0.155. The van der Waals surface area contributed by atoms with E-state index in [-0.39, 0.29) is 24.6 Å². The zero-order valence-corrected chi connectivity index (χ0v) is 11.3. The Morgan fingerprint density at radius 1 is 1.32 bits per heavy atom. The fraction of sp³-hybridized carbons (Fsp3) is 0.417. The molecule has 1 aromatic carbocycles. The number of carbonyl (C=O) groups excluding carboxylic acids is 1. The average Bonchev–Trinajstić information content (AvgIpc) is 2.34. The third-order valence-electron chi connectivity index (χ3n) is 2.51. The number of carbonyl (C=O) groups is 1. The summed E-state index contributed by atoms with van der Waals surface area (Å²) in [5.74, 6) is -0.708. The van der Waals surface area contributed by atoms with Crippen molar-refractivity contribution < 1.29 is 17.8 Å². The number of hydrogen-bond acceptors (Lipinski definition) is 4. The molecule has 0 aliphatic carbocycles. The van der Waals surface area contributed by atoms with Crippen molar-refractivity contribution in [1.29, 1.82) is 0 Å². The van der Waals surface area contributed by atoms with Crippen molar-refractivity contribution in [3.63, 3.8) is 0 Å². The van der Waals surface area contributed by atoms with Crippen molar-refractivity contribution in [2.45, 2.75) is 18.9 Å². The molecule has 1 amide bonds. The van der Waals surface area contributed by atoms with Crippen molar-refractivity contribution in [2.75, 3.05) is 12.3 Å².